The third kappa shape index (κ3) is 18.9. The summed E-state index contributed by atoms with van der Waals surface area (Å²) in [5.74, 6) is -7.08. The number of para-hydroxylation sites is 1. The van der Waals surface area contributed by atoms with Crippen LogP contribution in [0.5, 0.6) is 0 Å². The van der Waals surface area contributed by atoms with Crippen LogP contribution in [0.3, 0.4) is 0 Å². The second kappa shape index (κ2) is 29.7. The van der Waals surface area contributed by atoms with E-state index in [0.717, 1.165) is 0 Å². The molecule has 3 heterocycles. The van der Waals surface area contributed by atoms with Crippen LogP contribution in [0, 0.1) is 23.7 Å². The average Bonchev–Trinajstić information content (AvgIpc) is 3.78. The molecule has 22 heteroatoms. The lowest BCUT2D eigenvalue weighted by Gasteiger charge is -2.33. The van der Waals surface area contributed by atoms with Crippen LogP contribution < -0.4 is 58.6 Å². The van der Waals surface area contributed by atoms with Gasteiger partial charge in [-0.25, -0.2) is 5.01 Å². The fourth-order valence-corrected chi connectivity index (χ4v) is 9.46. The maximum Gasteiger partial charge on any atom is 0.251 e. The van der Waals surface area contributed by atoms with E-state index in [1.165, 1.54) is 20.8 Å². The zero-order valence-electron chi connectivity index (χ0n) is 48.8. The lowest BCUT2D eigenvalue weighted by molar-refractivity contribution is -0.138. The van der Waals surface area contributed by atoms with Crippen molar-refractivity contribution in [2.45, 2.75) is 188 Å². The highest BCUT2D eigenvalue weighted by molar-refractivity contribution is 6.09. The quantitative estimate of drug-likeness (QED) is 0.130. The predicted molar refractivity (Wildman–Crippen MR) is 305 cm³/mol. The summed E-state index contributed by atoms with van der Waals surface area (Å²) in [7, 11) is 0. The zero-order valence-corrected chi connectivity index (χ0v) is 48.8. The van der Waals surface area contributed by atoms with Crippen molar-refractivity contribution < 1.29 is 47.9 Å². The van der Waals surface area contributed by atoms with E-state index < -0.39 is 101 Å². The summed E-state index contributed by atoms with van der Waals surface area (Å²) in [5, 5.41) is 31.8. The molecular weight excluding hydrogens is 1020 g/mol. The molecule has 7 atom stereocenters. The minimum atomic E-state index is -1.68. The van der Waals surface area contributed by atoms with E-state index in [4.69, 9.17) is 10.8 Å². The van der Waals surface area contributed by atoms with Gasteiger partial charge in [0.25, 0.3) is 5.91 Å². The lowest BCUT2D eigenvalue weighted by atomic mass is 9.91. The predicted octanol–water partition coefficient (Wildman–Crippen LogP) is 2.97. The first-order valence-corrected chi connectivity index (χ1v) is 28.0. The minimum absolute atomic E-state index is 0.0129. The number of amides is 10. The van der Waals surface area contributed by atoms with E-state index in [1.807, 2.05) is 58.0 Å². The Hall–Kier alpha value is -7.39. The van der Waals surface area contributed by atoms with Crippen molar-refractivity contribution in [1.82, 2.24) is 47.9 Å². The van der Waals surface area contributed by atoms with E-state index in [9.17, 15) is 47.9 Å². The molecule has 1 unspecified atom stereocenters. The molecule has 2 aromatic carbocycles. The second-order valence-electron chi connectivity index (χ2n) is 23.4. The first-order valence-electron chi connectivity index (χ1n) is 28.0. The first kappa shape index (κ1) is 65.1. The van der Waals surface area contributed by atoms with Gasteiger partial charge in [0.2, 0.25) is 53.2 Å². The van der Waals surface area contributed by atoms with Crippen molar-refractivity contribution in [3.8, 4) is 0 Å². The molecule has 11 N–H and O–H groups in total. The van der Waals surface area contributed by atoms with Crippen molar-refractivity contribution >= 4 is 70.5 Å². The standard InChI is InChI=1S/C58H88N12O10/c1-33(2)30-43(48(59)72)65-50(74)41-22-16-18-28-60-49(73)39-26-24-38(25-27-39)45-32-58(12,70(69-45)40-20-14-13-15-21-40)56(80)61-29-19-17-23-42(63-53(77)46(35(5)6)62-37(9)71)51(75)66-44(31-34(3)4)52(76)68-57(10,11)55(79)67-47(36(7)8)54(78)64-41/h13-15,20-21,24-27,33-36,41-44,46-47H,16-19,22-23,28-32H2,1-12H3,(H2,59,72)(H,60,73)(H,61,80)(H,62,71)(H,63,77)(H,64,78)(H,65,74)(H,66,75)(H,67,79)(H,68,76)/t41-,42-,43-,44-,46-,47-,58?/m0/s1. The normalized spacial score (nSPS) is 23.2. The largest absolute Gasteiger partial charge is 0.368 e. The Morgan fingerprint density at radius 2 is 1.32 bits per heavy atom. The number of benzene rings is 2. The van der Waals surface area contributed by atoms with Crippen molar-refractivity contribution in [2.75, 3.05) is 18.1 Å². The molecule has 3 aliphatic rings. The van der Waals surface area contributed by atoms with E-state index >= 15 is 0 Å². The van der Waals surface area contributed by atoms with Crippen LogP contribution in [0.4, 0.5) is 5.69 Å². The fourth-order valence-electron chi connectivity index (χ4n) is 9.46. The molecule has 5 rings (SSSR count). The van der Waals surface area contributed by atoms with Gasteiger partial charge in [0.15, 0.2) is 0 Å². The van der Waals surface area contributed by atoms with Crippen LogP contribution >= 0.6 is 0 Å². The molecular formula is C58H88N12O10. The molecule has 440 valence electrons. The van der Waals surface area contributed by atoms with Gasteiger partial charge >= 0.3 is 0 Å². The third-order valence-corrected chi connectivity index (χ3v) is 14.1. The van der Waals surface area contributed by atoms with Crippen LogP contribution in [-0.4, -0.2) is 125 Å². The van der Waals surface area contributed by atoms with Gasteiger partial charge in [-0.1, -0.05) is 85.7 Å². The van der Waals surface area contributed by atoms with Gasteiger partial charge in [-0.3, -0.25) is 47.9 Å². The topological polar surface area (TPSA) is 321 Å². The monoisotopic (exact) mass is 1110 g/mol. The van der Waals surface area contributed by atoms with Crippen molar-refractivity contribution in [1.29, 1.82) is 0 Å². The molecule has 0 saturated heterocycles. The van der Waals surface area contributed by atoms with E-state index in [2.05, 4.69) is 47.9 Å². The van der Waals surface area contributed by atoms with Crippen molar-refractivity contribution in [2.24, 2.45) is 34.5 Å². The maximum atomic E-state index is 14.4. The van der Waals surface area contributed by atoms with E-state index in [-0.39, 0.29) is 74.8 Å². The smallest absolute Gasteiger partial charge is 0.251 e. The van der Waals surface area contributed by atoms with Crippen LogP contribution in [0.25, 0.3) is 0 Å². The molecule has 10 amide bonds. The van der Waals surface area contributed by atoms with Gasteiger partial charge in [0, 0.05) is 32.0 Å². The van der Waals surface area contributed by atoms with Crippen molar-refractivity contribution in [3.05, 3.63) is 65.7 Å². The van der Waals surface area contributed by atoms with Crippen LogP contribution in [-0.2, 0) is 43.2 Å². The number of hydrogen-bond donors (Lipinski definition) is 10. The molecule has 0 aromatic heterocycles. The van der Waals surface area contributed by atoms with E-state index in [0.29, 0.717) is 48.2 Å². The number of nitrogens with two attached hydrogens (primary N) is 1. The number of carbonyl (C=O) groups excluding carboxylic acids is 10. The summed E-state index contributed by atoms with van der Waals surface area (Å²) in [6, 6.07) is 9.28. The van der Waals surface area contributed by atoms with Gasteiger partial charge in [-0.15, -0.1) is 0 Å². The molecule has 80 heavy (non-hydrogen) atoms. The number of anilines is 1. The minimum Gasteiger partial charge on any atom is -0.368 e. The summed E-state index contributed by atoms with van der Waals surface area (Å²) in [6.07, 6.45) is 2.16. The number of fused-ring (bicyclic) bond motifs is 26. The maximum absolute atomic E-state index is 14.4. The van der Waals surface area contributed by atoms with Gasteiger partial charge in [0.1, 0.15) is 47.3 Å². The lowest BCUT2D eigenvalue weighted by Crippen LogP contribution is -2.64. The molecule has 0 saturated carbocycles. The average molecular weight is 1110 g/mol. The molecule has 0 fully saturated rings. The summed E-state index contributed by atoms with van der Waals surface area (Å²) in [5.41, 5.74) is 5.17. The van der Waals surface area contributed by atoms with Gasteiger partial charge < -0.3 is 53.6 Å². The molecule has 2 aromatic rings. The number of nitrogens with one attached hydrogen (secondary N) is 9. The summed E-state index contributed by atoms with van der Waals surface area (Å²) in [6.45, 7) is 20.7. The Morgan fingerprint density at radius 3 is 1.90 bits per heavy atom. The third-order valence-electron chi connectivity index (χ3n) is 14.1. The number of hydrazone groups is 1. The van der Waals surface area contributed by atoms with Crippen LogP contribution in [0.15, 0.2) is 59.7 Å². The van der Waals surface area contributed by atoms with Crippen molar-refractivity contribution in [3.63, 3.8) is 0 Å². The Bertz CT molecular complexity index is 2550. The Balaban J connectivity index is 1.72. The van der Waals surface area contributed by atoms with Gasteiger partial charge in [-0.2, -0.15) is 5.10 Å². The summed E-state index contributed by atoms with van der Waals surface area (Å²) in [4.78, 5) is 137. The van der Waals surface area contributed by atoms with Crippen LogP contribution in [0.2, 0.25) is 0 Å². The Labute approximate surface area is 471 Å². The number of carbonyl (C=O) groups is 10. The highest BCUT2D eigenvalue weighted by atomic mass is 16.2. The first-order chi connectivity index (χ1) is 37.5. The number of primary amides is 1. The van der Waals surface area contributed by atoms with Gasteiger partial charge in [-0.05, 0) is 126 Å². The number of hydrogen-bond acceptors (Lipinski definition) is 12. The SMILES string of the molecule is CC(=O)N[C@H](C(=O)N[C@H]1CCCCNC(=O)C2(C)CC(=NN2c2ccccc2)c2ccc(cc2)C(=O)NCCCC[C@@H](C(=O)N[C@@H](CC(C)C)C(N)=O)NC(=O)[C@H](C(C)C)NC(=O)C(C)(C)NC(=O)[C@H](CC(C)C)NC1=O)C(C)C. The molecule has 0 radical (unpaired) electrons. The summed E-state index contributed by atoms with van der Waals surface area (Å²) >= 11 is 0. The van der Waals surface area contributed by atoms with Crippen LogP contribution in [0.1, 0.15) is 157 Å². The molecule has 22 nitrogen and oxygen atoms in total. The molecule has 0 aliphatic carbocycles. The van der Waals surface area contributed by atoms with Gasteiger partial charge in [0.05, 0.1) is 11.4 Å². The Kier molecular flexibility index (Phi) is 24.2. The molecule has 3 aliphatic heterocycles. The second-order valence-corrected chi connectivity index (χ2v) is 23.4. The van der Waals surface area contributed by atoms with E-state index in [1.54, 1.807) is 63.9 Å². The Morgan fingerprint density at radius 1 is 0.713 bits per heavy atom. The summed E-state index contributed by atoms with van der Waals surface area (Å²) < 4.78 is 0. The highest BCUT2D eigenvalue weighted by Crippen LogP contribution is 2.35. The fraction of sp³-hybridized carbons (Fsp3) is 0.603. The number of nitrogens with zero attached hydrogens (tertiary/aromatic N) is 2. The molecule has 4 bridgehead atoms. The molecule has 0 spiro atoms. The zero-order chi connectivity index (χ0) is 59.6. The number of rotatable bonds is 13. The highest BCUT2D eigenvalue weighted by Gasteiger charge is 2.46.